The molecule has 4 aromatic rings. The highest BCUT2D eigenvalue weighted by Gasteiger charge is 2.30. The molecule has 1 amide bonds. The van der Waals surface area contributed by atoms with Crippen molar-refractivity contribution in [2.75, 3.05) is 26.8 Å². The van der Waals surface area contributed by atoms with Crippen molar-refractivity contribution >= 4 is 11.6 Å². The molecule has 0 spiro atoms. The molecule has 1 fully saturated rings. The second kappa shape index (κ2) is 8.07. The highest BCUT2D eigenvalue weighted by atomic mass is 16.5. The summed E-state index contributed by atoms with van der Waals surface area (Å²) in [5.74, 6) is 0.872. The van der Waals surface area contributed by atoms with Crippen LogP contribution in [0.15, 0.2) is 55.2 Å². The Kier molecular flexibility index (Phi) is 4.97. The molecule has 0 radical (unpaired) electrons. The number of hydrogen-bond donors (Lipinski definition) is 0. The summed E-state index contributed by atoms with van der Waals surface area (Å²) in [6.45, 7) is 1.15. The first-order chi connectivity index (χ1) is 15.2. The van der Waals surface area contributed by atoms with E-state index >= 15 is 0 Å². The molecule has 0 aliphatic carbocycles. The minimum Gasteiger partial charge on any atom is -0.494 e. The van der Waals surface area contributed by atoms with E-state index in [1.807, 2.05) is 30.5 Å². The topological polar surface area (TPSA) is 108 Å². The Morgan fingerprint density at radius 1 is 1.16 bits per heavy atom. The number of hydrogen-bond acceptors (Lipinski definition) is 8. The highest BCUT2D eigenvalue weighted by Crippen LogP contribution is 2.23. The zero-order chi connectivity index (χ0) is 21.2. The van der Waals surface area contributed by atoms with Crippen LogP contribution in [0.5, 0.6) is 5.75 Å². The van der Waals surface area contributed by atoms with Gasteiger partial charge in [-0.25, -0.2) is 19.5 Å². The summed E-state index contributed by atoms with van der Waals surface area (Å²) in [4.78, 5) is 31.4. The zero-order valence-corrected chi connectivity index (χ0v) is 16.8. The molecule has 0 bridgehead atoms. The van der Waals surface area contributed by atoms with E-state index in [-0.39, 0.29) is 11.7 Å². The fourth-order valence-corrected chi connectivity index (χ4v) is 3.40. The van der Waals surface area contributed by atoms with Crippen LogP contribution in [-0.2, 0) is 4.74 Å². The number of pyridine rings is 2. The van der Waals surface area contributed by atoms with E-state index in [2.05, 4.69) is 25.0 Å². The quantitative estimate of drug-likeness (QED) is 0.495. The predicted octanol–water partition coefficient (Wildman–Crippen LogP) is 1.80. The Hall–Kier alpha value is -3.92. The van der Waals surface area contributed by atoms with Crippen LogP contribution >= 0.6 is 0 Å². The molecule has 0 N–H and O–H groups in total. The second-order valence-corrected chi connectivity index (χ2v) is 6.99. The van der Waals surface area contributed by atoms with Gasteiger partial charge in [-0.15, -0.1) is 5.10 Å². The van der Waals surface area contributed by atoms with Crippen LogP contribution in [0.25, 0.3) is 16.8 Å². The van der Waals surface area contributed by atoms with Crippen molar-refractivity contribution < 1.29 is 14.3 Å². The van der Waals surface area contributed by atoms with Gasteiger partial charge in [-0.1, -0.05) is 6.07 Å². The monoisotopic (exact) mass is 417 g/mol. The maximum Gasteiger partial charge on any atom is 0.291 e. The smallest absolute Gasteiger partial charge is 0.291 e. The van der Waals surface area contributed by atoms with Crippen molar-refractivity contribution in [2.45, 2.75) is 6.10 Å². The molecule has 0 unspecified atom stereocenters. The fraction of sp³-hybridized carbons (Fsp3) is 0.238. The third-order valence-electron chi connectivity index (χ3n) is 5.04. The molecule has 1 atom stereocenters. The summed E-state index contributed by atoms with van der Waals surface area (Å²) in [6, 6.07) is 7.75. The van der Waals surface area contributed by atoms with E-state index in [1.165, 1.54) is 19.5 Å². The summed E-state index contributed by atoms with van der Waals surface area (Å²) in [5, 5.41) is 4.59. The van der Waals surface area contributed by atoms with Crippen LogP contribution in [0.1, 0.15) is 22.5 Å². The van der Waals surface area contributed by atoms with Crippen molar-refractivity contribution in [3.8, 4) is 16.9 Å². The van der Waals surface area contributed by atoms with Crippen LogP contribution in [0.3, 0.4) is 0 Å². The summed E-state index contributed by atoms with van der Waals surface area (Å²) >= 11 is 0. The Balaban J connectivity index is 1.36. The number of carbonyl (C=O) groups is 1. The molecule has 5 rings (SSSR count). The zero-order valence-electron chi connectivity index (χ0n) is 16.8. The van der Waals surface area contributed by atoms with Crippen LogP contribution in [0.4, 0.5) is 0 Å². The minimum atomic E-state index is -0.433. The maximum atomic E-state index is 12.8. The lowest BCUT2D eigenvalue weighted by Crippen LogP contribution is -2.43. The van der Waals surface area contributed by atoms with Crippen molar-refractivity contribution in [3.05, 3.63) is 66.9 Å². The van der Waals surface area contributed by atoms with Gasteiger partial charge in [0.2, 0.25) is 5.82 Å². The number of amides is 1. The SMILES string of the molecule is COc1cnc(C(=O)N2CCO[C@H](c3nc4ccc(-c5cccnc5)cn4n3)C2)nc1. The Labute approximate surface area is 177 Å². The predicted molar refractivity (Wildman–Crippen MR) is 109 cm³/mol. The lowest BCUT2D eigenvalue weighted by molar-refractivity contribution is -0.0270. The number of rotatable bonds is 4. The fourth-order valence-electron chi connectivity index (χ4n) is 3.40. The van der Waals surface area contributed by atoms with Crippen LogP contribution in [-0.4, -0.2) is 67.2 Å². The lowest BCUT2D eigenvalue weighted by atomic mass is 10.1. The van der Waals surface area contributed by atoms with Crippen molar-refractivity contribution in [2.24, 2.45) is 0 Å². The van der Waals surface area contributed by atoms with Gasteiger partial charge in [-0.05, 0) is 18.2 Å². The Morgan fingerprint density at radius 3 is 2.81 bits per heavy atom. The van der Waals surface area contributed by atoms with Crippen LogP contribution < -0.4 is 4.74 Å². The van der Waals surface area contributed by atoms with Gasteiger partial charge in [-0.3, -0.25) is 9.78 Å². The Morgan fingerprint density at radius 2 is 2.03 bits per heavy atom. The summed E-state index contributed by atoms with van der Waals surface area (Å²) in [6.07, 6.45) is 7.95. The lowest BCUT2D eigenvalue weighted by Gasteiger charge is -2.31. The number of fused-ring (bicyclic) bond motifs is 1. The van der Waals surface area contributed by atoms with E-state index in [0.717, 1.165) is 11.1 Å². The first kappa shape index (κ1) is 19.1. The van der Waals surface area contributed by atoms with E-state index in [9.17, 15) is 4.79 Å². The maximum absolute atomic E-state index is 12.8. The summed E-state index contributed by atoms with van der Waals surface area (Å²) in [7, 11) is 1.52. The molecule has 156 valence electrons. The van der Waals surface area contributed by atoms with E-state index in [1.54, 1.807) is 21.8 Å². The highest BCUT2D eigenvalue weighted by molar-refractivity contribution is 5.90. The molecule has 10 nitrogen and oxygen atoms in total. The van der Waals surface area contributed by atoms with Crippen LogP contribution in [0.2, 0.25) is 0 Å². The average Bonchev–Trinajstić information content (AvgIpc) is 3.28. The van der Waals surface area contributed by atoms with Gasteiger partial charge in [0, 0.05) is 36.3 Å². The molecule has 0 saturated carbocycles. The number of methoxy groups -OCH3 is 1. The molecular weight excluding hydrogens is 398 g/mol. The molecule has 31 heavy (non-hydrogen) atoms. The molecule has 4 aromatic heterocycles. The van der Waals surface area contributed by atoms with E-state index in [0.29, 0.717) is 36.9 Å². The first-order valence-corrected chi connectivity index (χ1v) is 9.75. The number of morpholine rings is 1. The molecule has 5 heterocycles. The van der Waals surface area contributed by atoms with Crippen molar-refractivity contribution in [1.29, 1.82) is 0 Å². The van der Waals surface area contributed by atoms with E-state index < -0.39 is 6.10 Å². The van der Waals surface area contributed by atoms with Gasteiger partial charge in [-0.2, -0.15) is 0 Å². The average molecular weight is 417 g/mol. The molecular formula is C21H19N7O3. The van der Waals surface area contributed by atoms with Crippen molar-refractivity contribution in [3.63, 3.8) is 0 Å². The molecule has 1 aliphatic rings. The minimum absolute atomic E-state index is 0.116. The molecule has 1 aliphatic heterocycles. The standard InChI is InChI=1S/C21H19N7O3/c1-30-16-10-23-20(24-11-16)21(29)27-7-8-31-17(13-27)19-25-18-5-4-15(12-28(18)26-19)14-3-2-6-22-9-14/h2-6,9-12,17H,7-8,13H2,1H3/t17-/m0/s1. The second-order valence-electron chi connectivity index (χ2n) is 6.99. The summed E-state index contributed by atoms with van der Waals surface area (Å²) in [5.41, 5.74) is 2.68. The van der Waals surface area contributed by atoms with Gasteiger partial charge < -0.3 is 14.4 Å². The molecule has 0 aromatic carbocycles. The largest absolute Gasteiger partial charge is 0.494 e. The Bertz CT molecular complexity index is 1210. The number of nitrogens with zero attached hydrogens (tertiary/aromatic N) is 7. The normalized spacial score (nSPS) is 16.4. The van der Waals surface area contributed by atoms with Gasteiger partial charge in [0.1, 0.15) is 6.10 Å². The van der Waals surface area contributed by atoms with Crippen molar-refractivity contribution in [1.82, 2.24) is 34.4 Å². The third kappa shape index (κ3) is 3.80. The number of carbonyl (C=O) groups excluding carboxylic acids is 1. The van der Waals surface area contributed by atoms with E-state index in [4.69, 9.17) is 9.47 Å². The number of aromatic nitrogens is 6. The third-order valence-corrected chi connectivity index (χ3v) is 5.04. The van der Waals surface area contributed by atoms with Gasteiger partial charge >= 0.3 is 0 Å². The first-order valence-electron chi connectivity index (χ1n) is 9.75. The van der Waals surface area contributed by atoms with Gasteiger partial charge in [0.15, 0.2) is 17.2 Å². The number of ether oxygens (including phenoxy) is 2. The summed E-state index contributed by atoms with van der Waals surface area (Å²) < 4.78 is 12.6. The van der Waals surface area contributed by atoms with Gasteiger partial charge in [0.25, 0.3) is 5.91 Å². The van der Waals surface area contributed by atoms with Gasteiger partial charge in [0.05, 0.1) is 32.7 Å². The molecule has 1 saturated heterocycles. The van der Waals surface area contributed by atoms with Crippen LogP contribution in [0, 0.1) is 0 Å². The molecule has 10 heteroatoms.